The molecule has 96 valence electrons. The molecule has 0 aliphatic carbocycles. The van der Waals surface area contributed by atoms with Gasteiger partial charge in [0.1, 0.15) is 0 Å². The number of benzene rings is 1. The maximum absolute atomic E-state index is 12.0. The second-order valence-corrected chi connectivity index (χ2v) is 4.64. The molecule has 1 fully saturated rings. The number of fused-ring (bicyclic) bond motifs is 1. The molecule has 0 spiro atoms. The molecule has 1 amide bonds. The quantitative estimate of drug-likeness (QED) is 0.829. The summed E-state index contributed by atoms with van der Waals surface area (Å²) in [4.78, 5) is 12.0. The van der Waals surface area contributed by atoms with E-state index in [1.54, 1.807) is 18.2 Å². The van der Waals surface area contributed by atoms with E-state index in [4.69, 9.17) is 9.47 Å². The van der Waals surface area contributed by atoms with Crippen LogP contribution in [0.3, 0.4) is 0 Å². The fourth-order valence-electron chi connectivity index (χ4n) is 2.27. The Kier molecular flexibility index (Phi) is 3.06. The average molecular weight is 248 g/mol. The molecule has 1 unspecified atom stereocenters. The molecule has 5 nitrogen and oxygen atoms in total. The molecule has 0 aromatic heterocycles. The molecule has 0 saturated carbocycles. The lowest BCUT2D eigenvalue weighted by Crippen LogP contribution is -2.30. The molecule has 2 aliphatic heterocycles. The van der Waals surface area contributed by atoms with Gasteiger partial charge in [-0.25, -0.2) is 0 Å². The van der Waals surface area contributed by atoms with Crippen LogP contribution in [0, 0.1) is 5.92 Å². The van der Waals surface area contributed by atoms with Crippen molar-refractivity contribution in [1.29, 1.82) is 0 Å². The van der Waals surface area contributed by atoms with E-state index in [0.29, 0.717) is 23.0 Å². The Hall–Kier alpha value is -1.75. The maximum atomic E-state index is 12.0. The highest BCUT2D eigenvalue weighted by Gasteiger charge is 2.18. The van der Waals surface area contributed by atoms with Crippen LogP contribution in [0.5, 0.6) is 11.5 Å². The van der Waals surface area contributed by atoms with Gasteiger partial charge < -0.3 is 20.1 Å². The molecule has 1 aromatic rings. The van der Waals surface area contributed by atoms with Crippen molar-refractivity contribution in [2.45, 2.75) is 6.42 Å². The van der Waals surface area contributed by atoms with Crippen molar-refractivity contribution < 1.29 is 14.3 Å². The maximum Gasteiger partial charge on any atom is 0.251 e. The molecule has 18 heavy (non-hydrogen) atoms. The summed E-state index contributed by atoms with van der Waals surface area (Å²) in [6.07, 6.45) is 1.13. The van der Waals surface area contributed by atoms with E-state index in [2.05, 4.69) is 10.6 Å². The molecule has 5 heteroatoms. The van der Waals surface area contributed by atoms with E-state index in [1.807, 2.05) is 0 Å². The number of carbonyl (C=O) groups excluding carboxylic acids is 1. The van der Waals surface area contributed by atoms with Crippen LogP contribution in [0.1, 0.15) is 16.8 Å². The first kappa shape index (κ1) is 11.3. The smallest absolute Gasteiger partial charge is 0.251 e. The molecule has 3 rings (SSSR count). The zero-order chi connectivity index (χ0) is 12.4. The molecular formula is C13H16N2O3. The highest BCUT2D eigenvalue weighted by Crippen LogP contribution is 2.32. The predicted molar refractivity (Wildman–Crippen MR) is 65.9 cm³/mol. The first-order valence-electron chi connectivity index (χ1n) is 6.21. The lowest BCUT2D eigenvalue weighted by Gasteiger charge is -2.10. The summed E-state index contributed by atoms with van der Waals surface area (Å²) in [5, 5.41) is 6.24. The van der Waals surface area contributed by atoms with Gasteiger partial charge in [-0.05, 0) is 43.6 Å². The minimum atomic E-state index is -0.0554. The monoisotopic (exact) mass is 248 g/mol. The molecule has 1 saturated heterocycles. The number of carbonyl (C=O) groups is 1. The van der Waals surface area contributed by atoms with E-state index >= 15 is 0 Å². The standard InChI is InChI=1S/C13H16N2O3/c16-13(15-7-9-3-4-14-6-9)10-1-2-11-12(5-10)18-8-17-11/h1-2,5,9,14H,3-4,6-8H2,(H,15,16). The molecular weight excluding hydrogens is 232 g/mol. The van der Waals surface area contributed by atoms with E-state index in [1.165, 1.54) is 0 Å². The van der Waals surface area contributed by atoms with Crippen LogP contribution in [0.15, 0.2) is 18.2 Å². The lowest BCUT2D eigenvalue weighted by atomic mass is 10.1. The van der Waals surface area contributed by atoms with Crippen molar-refractivity contribution in [3.63, 3.8) is 0 Å². The van der Waals surface area contributed by atoms with E-state index in [0.717, 1.165) is 26.1 Å². The van der Waals surface area contributed by atoms with Gasteiger partial charge in [-0.3, -0.25) is 4.79 Å². The zero-order valence-electron chi connectivity index (χ0n) is 10.1. The molecule has 1 aromatic carbocycles. The summed E-state index contributed by atoms with van der Waals surface area (Å²) in [6, 6.07) is 5.26. The second-order valence-electron chi connectivity index (χ2n) is 4.64. The average Bonchev–Trinajstić information content (AvgIpc) is 3.05. The Bertz CT molecular complexity index is 456. The van der Waals surface area contributed by atoms with Crippen LogP contribution in [0.2, 0.25) is 0 Å². The third-order valence-corrected chi connectivity index (χ3v) is 3.35. The Morgan fingerprint density at radius 3 is 3.11 bits per heavy atom. The first-order valence-corrected chi connectivity index (χ1v) is 6.21. The highest BCUT2D eigenvalue weighted by molar-refractivity contribution is 5.94. The number of hydrogen-bond donors (Lipinski definition) is 2. The van der Waals surface area contributed by atoms with Gasteiger partial charge in [0.15, 0.2) is 11.5 Å². The number of hydrogen-bond acceptors (Lipinski definition) is 4. The van der Waals surface area contributed by atoms with Crippen LogP contribution in [-0.4, -0.2) is 32.3 Å². The Morgan fingerprint density at radius 2 is 2.28 bits per heavy atom. The largest absolute Gasteiger partial charge is 0.454 e. The third kappa shape index (κ3) is 2.26. The molecule has 2 heterocycles. The van der Waals surface area contributed by atoms with Crippen LogP contribution < -0.4 is 20.1 Å². The van der Waals surface area contributed by atoms with Crippen molar-refractivity contribution in [2.24, 2.45) is 5.92 Å². The fourth-order valence-corrected chi connectivity index (χ4v) is 2.27. The lowest BCUT2D eigenvalue weighted by molar-refractivity contribution is 0.0947. The van der Waals surface area contributed by atoms with Gasteiger partial charge in [-0.2, -0.15) is 0 Å². The van der Waals surface area contributed by atoms with Crippen LogP contribution in [-0.2, 0) is 0 Å². The minimum absolute atomic E-state index is 0.0554. The van der Waals surface area contributed by atoms with Gasteiger partial charge in [-0.15, -0.1) is 0 Å². The number of amides is 1. The topological polar surface area (TPSA) is 59.6 Å². The van der Waals surface area contributed by atoms with Gasteiger partial charge in [0.25, 0.3) is 5.91 Å². The van der Waals surface area contributed by atoms with Crippen molar-refractivity contribution >= 4 is 5.91 Å². The van der Waals surface area contributed by atoms with E-state index < -0.39 is 0 Å². The van der Waals surface area contributed by atoms with E-state index in [9.17, 15) is 4.79 Å². The highest BCUT2D eigenvalue weighted by atomic mass is 16.7. The normalized spacial score (nSPS) is 21.0. The molecule has 2 aliphatic rings. The predicted octanol–water partition coefficient (Wildman–Crippen LogP) is 0.755. The summed E-state index contributed by atoms with van der Waals surface area (Å²) in [5.41, 5.74) is 0.616. The summed E-state index contributed by atoms with van der Waals surface area (Å²) in [5.74, 6) is 1.83. The van der Waals surface area contributed by atoms with Crippen molar-refractivity contribution in [1.82, 2.24) is 10.6 Å². The van der Waals surface area contributed by atoms with Crippen LogP contribution >= 0.6 is 0 Å². The second kappa shape index (κ2) is 4.86. The third-order valence-electron chi connectivity index (χ3n) is 3.35. The van der Waals surface area contributed by atoms with Crippen LogP contribution in [0.25, 0.3) is 0 Å². The Labute approximate surface area is 105 Å². The number of rotatable bonds is 3. The van der Waals surface area contributed by atoms with E-state index in [-0.39, 0.29) is 12.7 Å². The SMILES string of the molecule is O=C(NCC1CCNC1)c1ccc2c(c1)OCO2. The van der Waals surface area contributed by atoms with Crippen molar-refractivity contribution in [3.8, 4) is 11.5 Å². The van der Waals surface area contributed by atoms with Gasteiger partial charge >= 0.3 is 0 Å². The first-order chi connectivity index (χ1) is 8.83. The zero-order valence-corrected chi connectivity index (χ0v) is 10.1. The van der Waals surface area contributed by atoms with Gasteiger partial charge in [0.2, 0.25) is 6.79 Å². The summed E-state index contributed by atoms with van der Waals surface area (Å²) < 4.78 is 10.5. The molecule has 0 bridgehead atoms. The molecule has 0 radical (unpaired) electrons. The molecule has 2 N–H and O–H groups in total. The van der Waals surface area contributed by atoms with Gasteiger partial charge in [0, 0.05) is 12.1 Å². The van der Waals surface area contributed by atoms with Gasteiger partial charge in [0.05, 0.1) is 0 Å². The van der Waals surface area contributed by atoms with Crippen molar-refractivity contribution in [3.05, 3.63) is 23.8 Å². The molecule has 1 atom stereocenters. The fraction of sp³-hybridized carbons (Fsp3) is 0.462. The summed E-state index contributed by atoms with van der Waals surface area (Å²) in [6.45, 7) is 2.99. The van der Waals surface area contributed by atoms with Crippen molar-refractivity contribution in [2.75, 3.05) is 26.4 Å². The Balaban J connectivity index is 1.61. The Morgan fingerprint density at radius 1 is 1.39 bits per heavy atom. The van der Waals surface area contributed by atoms with Gasteiger partial charge in [-0.1, -0.05) is 0 Å². The summed E-state index contributed by atoms with van der Waals surface area (Å²) in [7, 11) is 0. The number of ether oxygens (including phenoxy) is 2. The number of nitrogens with one attached hydrogen (secondary N) is 2. The minimum Gasteiger partial charge on any atom is -0.454 e. The summed E-state index contributed by atoms with van der Waals surface area (Å²) >= 11 is 0. The van der Waals surface area contributed by atoms with Crippen LogP contribution in [0.4, 0.5) is 0 Å².